The molecule has 1 aliphatic heterocycles. The quantitative estimate of drug-likeness (QED) is 0.0703. The van der Waals surface area contributed by atoms with Crippen molar-refractivity contribution < 1.29 is 28.2 Å². The molecule has 1 aliphatic rings. The lowest BCUT2D eigenvalue weighted by Gasteiger charge is -2.45. The van der Waals surface area contributed by atoms with Crippen LogP contribution in [0.4, 0.5) is 4.79 Å². The molecular weight excluding hydrogens is 593 g/mol. The van der Waals surface area contributed by atoms with Crippen molar-refractivity contribution in [2.24, 2.45) is 0 Å². The molecule has 0 N–H and O–H groups in total. The number of allylic oxidation sites excluding steroid dienone is 6. The van der Waals surface area contributed by atoms with Crippen LogP contribution in [0.15, 0.2) is 109 Å². The van der Waals surface area contributed by atoms with Gasteiger partial charge in [-0.15, -0.1) is 0 Å². The van der Waals surface area contributed by atoms with Crippen molar-refractivity contribution in [1.29, 1.82) is 0 Å². The fourth-order valence-corrected chi connectivity index (χ4v) is 10.5. The number of ether oxygens (including phenoxy) is 3. The maximum absolute atomic E-state index is 11.7. The lowest BCUT2D eigenvalue weighted by atomic mass is 10.1. The normalized spacial score (nSPS) is 18.1. The first kappa shape index (κ1) is 36.8. The second kappa shape index (κ2) is 19.1. The van der Waals surface area contributed by atoms with Crippen molar-refractivity contribution in [3.05, 3.63) is 109 Å². The van der Waals surface area contributed by atoms with E-state index in [0.717, 1.165) is 19.3 Å². The third-order valence-corrected chi connectivity index (χ3v) is 13.1. The smallest absolute Gasteiger partial charge is 0.466 e. The lowest BCUT2D eigenvalue weighted by molar-refractivity contribution is -0.143. The fourth-order valence-electron chi connectivity index (χ4n) is 5.80. The van der Waals surface area contributed by atoms with Gasteiger partial charge in [0, 0.05) is 6.42 Å². The molecule has 248 valence electrons. The Kier molecular flexibility index (Phi) is 15.3. The Morgan fingerprint density at radius 1 is 0.848 bits per heavy atom. The van der Waals surface area contributed by atoms with E-state index in [2.05, 4.69) is 101 Å². The molecule has 3 rings (SSSR count). The number of hydrogen-bond donors (Lipinski definition) is 0. The highest BCUT2D eigenvalue weighted by molar-refractivity contribution is 6.99. The van der Waals surface area contributed by atoms with Crippen LogP contribution in [-0.4, -0.2) is 45.4 Å². The number of esters is 1. The maximum Gasteiger partial charge on any atom is 0.509 e. The van der Waals surface area contributed by atoms with Gasteiger partial charge in [0.15, 0.2) is 6.10 Å². The minimum atomic E-state index is -2.67. The first-order valence-electron chi connectivity index (χ1n) is 16.7. The highest BCUT2D eigenvalue weighted by Gasteiger charge is 2.51. The molecule has 0 aromatic heterocycles. The highest BCUT2D eigenvalue weighted by Crippen LogP contribution is 2.38. The predicted molar refractivity (Wildman–Crippen MR) is 189 cm³/mol. The van der Waals surface area contributed by atoms with Gasteiger partial charge in [0.1, 0.15) is 6.10 Å². The first-order valence-corrected chi connectivity index (χ1v) is 18.6. The van der Waals surface area contributed by atoms with Crippen LogP contribution in [0.25, 0.3) is 0 Å². The second-order valence-electron chi connectivity index (χ2n) is 12.5. The molecule has 0 radical (unpaired) electrons. The number of carbonyl (C=O) groups is 2. The summed E-state index contributed by atoms with van der Waals surface area (Å²) in [5.41, 5.74) is 0. The number of carbonyl (C=O) groups excluding carboxylic acids is 2. The standard InChI is InChI=1S/C39H52O6Si/c1-6-8-15-23-32(45-46(39(3,4)5,33-25-17-13-18-26-33)34-27-19-14-20-28-34)24-16-11-9-10-12-21-29-35-36(44-38(41)43-35)30-22-31-37(40)42-7-2/h9-14,16-21,24-29,32,35-36H,6-8,15,22-23,30-31H2,1-5H3/b11-9-,12-10+,24-16+,29-21+/t32-,35+,36-/m0/s1. The largest absolute Gasteiger partial charge is 0.509 e. The minimum Gasteiger partial charge on any atom is -0.466 e. The molecule has 2 aromatic carbocycles. The Hall–Kier alpha value is -3.68. The summed E-state index contributed by atoms with van der Waals surface area (Å²) in [6.45, 7) is 11.3. The minimum absolute atomic E-state index is 0.0239. The summed E-state index contributed by atoms with van der Waals surface area (Å²) >= 11 is 0. The third-order valence-electron chi connectivity index (χ3n) is 8.04. The highest BCUT2D eigenvalue weighted by atomic mass is 28.4. The van der Waals surface area contributed by atoms with Gasteiger partial charge in [0.2, 0.25) is 0 Å². The Bertz CT molecular complexity index is 1270. The number of unbranched alkanes of at least 4 members (excludes halogenated alkanes) is 2. The van der Waals surface area contributed by atoms with Crippen molar-refractivity contribution in [2.45, 2.75) is 103 Å². The van der Waals surface area contributed by atoms with Crippen LogP contribution in [0.3, 0.4) is 0 Å². The van der Waals surface area contributed by atoms with E-state index in [1.165, 1.54) is 16.8 Å². The zero-order valence-electron chi connectivity index (χ0n) is 28.2. The SMILES string of the molecule is CCCCC[C@@H](/C=C/C=C\C=C\C=C\[C@H]1OC(=O)O[C@H]1CCCC(=O)OCC)O[Si](c1ccccc1)(c1ccccc1)C(C)(C)C. The summed E-state index contributed by atoms with van der Waals surface area (Å²) in [7, 11) is -2.67. The van der Waals surface area contributed by atoms with Crippen LogP contribution >= 0.6 is 0 Å². The summed E-state index contributed by atoms with van der Waals surface area (Å²) in [6.07, 6.45) is 19.9. The van der Waals surface area contributed by atoms with E-state index >= 15 is 0 Å². The lowest BCUT2D eigenvalue weighted by Crippen LogP contribution is -2.67. The average Bonchev–Trinajstić information content (AvgIpc) is 3.39. The molecular formula is C39H52O6Si. The number of rotatable bonds is 18. The zero-order chi connectivity index (χ0) is 33.3. The Morgan fingerprint density at radius 3 is 2.04 bits per heavy atom. The van der Waals surface area contributed by atoms with Crippen molar-refractivity contribution in [3.63, 3.8) is 0 Å². The summed E-state index contributed by atoms with van der Waals surface area (Å²) in [4.78, 5) is 23.3. The van der Waals surface area contributed by atoms with Gasteiger partial charge in [-0.1, -0.05) is 150 Å². The van der Waals surface area contributed by atoms with Crippen LogP contribution < -0.4 is 10.4 Å². The molecule has 6 nitrogen and oxygen atoms in total. The van der Waals surface area contributed by atoms with Gasteiger partial charge in [-0.2, -0.15) is 0 Å². The summed E-state index contributed by atoms with van der Waals surface area (Å²) in [5, 5.41) is 2.48. The maximum atomic E-state index is 11.7. The molecule has 2 aromatic rings. The van der Waals surface area contributed by atoms with Crippen molar-refractivity contribution in [3.8, 4) is 0 Å². The van der Waals surface area contributed by atoms with Crippen molar-refractivity contribution >= 4 is 30.8 Å². The molecule has 0 saturated carbocycles. The van der Waals surface area contributed by atoms with E-state index in [1.54, 1.807) is 6.92 Å². The average molecular weight is 645 g/mol. The van der Waals surface area contributed by atoms with Gasteiger partial charge >= 0.3 is 12.1 Å². The molecule has 46 heavy (non-hydrogen) atoms. The number of benzene rings is 2. The molecule has 0 aliphatic carbocycles. The summed E-state index contributed by atoms with van der Waals surface area (Å²) in [6, 6.07) is 21.6. The molecule has 7 heteroatoms. The monoisotopic (exact) mass is 644 g/mol. The number of hydrogen-bond acceptors (Lipinski definition) is 6. The zero-order valence-corrected chi connectivity index (χ0v) is 29.2. The van der Waals surface area contributed by atoms with Gasteiger partial charge in [0.25, 0.3) is 8.32 Å². The van der Waals surface area contributed by atoms with E-state index in [0.29, 0.717) is 25.9 Å². The van der Waals surface area contributed by atoms with Gasteiger partial charge < -0.3 is 18.6 Å². The Labute approximate surface area is 277 Å². The molecule has 0 spiro atoms. The van der Waals surface area contributed by atoms with Crippen molar-refractivity contribution in [1.82, 2.24) is 0 Å². The van der Waals surface area contributed by atoms with E-state index in [4.69, 9.17) is 18.6 Å². The molecule has 3 atom stereocenters. The van der Waals surface area contributed by atoms with Gasteiger partial charge in [-0.25, -0.2) is 4.79 Å². The second-order valence-corrected chi connectivity index (χ2v) is 16.8. The van der Waals surface area contributed by atoms with Crippen LogP contribution in [0.1, 0.15) is 79.6 Å². The van der Waals surface area contributed by atoms with Crippen LogP contribution in [0, 0.1) is 0 Å². The summed E-state index contributed by atoms with van der Waals surface area (Å²) in [5.74, 6) is -0.245. The Morgan fingerprint density at radius 2 is 1.46 bits per heavy atom. The Balaban J connectivity index is 1.70. The molecule has 1 heterocycles. The molecule has 1 saturated heterocycles. The molecule has 0 unspecified atom stereocenters. The van der Waals surface area contributed by atoms with Crippen LogP contribution in [-0.2, 0) is 23.4 Å². The summed E-state index contributed by atoms with van der Waals surface area (Å²) < 4.78 is 22.9. The third kappa shape index (κ3) is 11.0. The van der Waals surface area contributed by atoms with Gasteiger partial charge in [0.05, 0.1) is 12.7 Å². The van der Waals surface area contributed by atoms with E-state index < -0.39 is 26.7 Å². The molecule has 0 bridgehead atoms. The topological polar surface area (TPSA) is 71.1 Å². The van der Waals surface area contributed by atoms with Crippen molar-refractivity contribution in [2.75, 3.05) is 6.61 Å². The van der Waals surface area contributed by atoms with Gasteiger partial charge in [-0.3, -0.25) is 4.79 Å². The fraction of sp³-hybridized carbons (Fsp3) is 0.436. The van der Waals surface area contributed by atoms with E-state index in [1.807, 2.05) is 36.5 Å². The van der Waals surface area contributed by atoms with E-state index in [9.17, 15) is 9.59 Å². The molecule has 0 amide bonds. The van der Waals surface area contributed by atoms with Crippen LogP contribution in [0.2, 0.25) is 5.04 Å². The van der Waals surface area contributed by atoms with Crippen LogP contribution in [0.5, 0.6) is 0 Å². The predicted octanol–water partition coefficient (Wildman–Crippen LogP) is 8.37. The van der Waals surface area contributed by atoms with E-state index in [-0.39, 0.29) is 17.1 Å². The number of cyclic esters (lactones) is 2. The first-order chi connectivity index (χ1) is 22.2. The van der Waals surface area contributed by atoms with Gasteiger partial charge in [-0.05, 0) is 47.7 Å². The molecule has 1 fully saturated rings.